The molecule has 29 heavy (non-hydrogen) atoms. The number of rotatable bonds is 6. The lowest BCUT2D eigenvalue weighted by Crippen LogP contribution is -2.50. The molecule has 8 atom stereocenters. The summed E-state index contributed by atoms with van der Waals surface area (Å²) in [5.74, 6) is 5.63. The van der Waals surface area contributed by atoms with Crippen molar-refractivity contribution >= 4 is 0 Å². The monoisotopic (exact) mass is 400 g/mol. The molecule has 3 saturated carbocycles. The van der Waals surface area contributed by atoms with Crippen molar-refractivity contribution in [3.63, 3.8) is 0 Å². The Morgan fingerprint density at radius 2 is 1.79 bits per heavy atom. The third-order valence-corrected chi connectivity index (χ3v) is 10.6. The highest BCUT2D eigenvalue weighted by atomic mass is 16.5. The van der Waals surface area contributed by atoms with Gasteiger partial charge in [-0.3, -0.25) is 0 Å². The van der Waals surface area contributed by atoms with E-state index in [0.717, 1.165) is 35.5 Å². The summed E-state index contributed by atoms with van der Waals surface area (Å²) in [6.45, 7) is 12.7. The standard InChI is InChI=1S/C28H48O/c1-19(2)8-7-9-20(3)24-12-13-25-23-11-10-21-18-22(29-6)14-16-27(21,4)26(23)15-17-28(24,25)5/h10,19-20,22-26H,7-9,11-18H2,1-6H3/t20?,22-,23?,24?,25?,26?,27?,28?/m0/s1. The maximum atomic E-state index is 5.75. The summed E-state index contributed by atoms with van der Waals surface area (Å²) >= 11 is 0. The lowest BCUT2D eigenvalue weighted by Gasteiger charge is -2.58. The average molecular weight is 401 g/mol. The fraction of sp³-hybridized carbons (Fsp3) is 0.929. The zero-order valence-corrected chi connectivity index (χ0v) is 20.3. The number of hydrogen-bond acceptors (Lipinski definition) is 1. The van der Waals surface area contributed by atoms with Gasteiger partial charge in [-0.2, -0.15) is 0 Å². The van der Waals surface area contributed by atoms with Crippen molar-refractivity contribution in [2.24, 2.45) is 46.3 Å². The summed E-state index contributed by atoms with van der Waals surface area (Å²) in [5, 5.41) is 0. The van der Waals surface area contributed by atoms with Gasteiger partial charge >= 0.3 is 0 Å². The predicted octanol–water partition coefficient (Wildman–Crippen LogP) is 8.04. The lowest BCUT2D eigenvalue weighted by atomic mass is 9.47. The summed E-state index contributed by atoms with van der Waals surface area (Å²) in [6.07, 6.45) is 18.7. The topological polar surface area (TPSA) is 9.23 Å². The van der Waals surface area contributed by atoms with E-state index in [1.807, 2.05) is 7.11 Å². The number of fused-ring (bicyclic) bond motifs is 5. The number of hydrogen-bond donors (Lipinski definition) is 0. The molecular weight excluding hydrogens is 352 g/mol. The van der Waals surface area contributed by atoms with Gasteiger partial charge in [0.25, 0.3) is 0 Å². The Labute approximate surface area is 181 Å². The van der Waals surface area contributed by atoms with Crippen molar-refractivity contribution in [1.29, 1.82) is 0 Å². The van der Waals surface area contributed by atoms with E-state index >= 15 is 0 Å². The molecule has 0 N–H and O–H groups in total. The SMILES string of the molecule is CO[C@H]1CCC2(C)C(=CCC3C2CCC2(C)C(C(C)CCCC(C)C)CCC32)C1. The average Bonchev–Trinajstić information content (AvgIpc) is 3.04. The highest BCUT2D eigenvalue weighted by Crippen LogP contribution is 2.67. The van der Waals surface area contributed by atoms with Crippen LogP contribution in [0.25, 0.3) is 0 Å². The summed E-state index contributed by atoms with van der Waals surface area (Å²) in [7, 11) is 1.91. The molecule has 4 aliphatic rings. The second kappa shape index (κ2) is 8.33. The van der Waals surface area contributed by atoms with Crippen molar-refractivity contribution in [3.8, 4) is 0 Å². The van der Waals surface area contributed by atoms with E-state index in [9.17, 15) is 0 Å². The van der Waals surface area contributed by atoms with Gasteiger partial charge in [-0.1, -0.05) is 65.5 Å². The molecule has 0 aromatic heterocycles. The molecule has 0 aliphatic heterocycles. The largest absolute Gasteiger partial charge is 0.381 e. The maximum Gasteiger partial charge on any atom is 0.0608 e. The van der Waals surface area contributed by atoms with E-state index in [1.54, 1.807) is 5.57 Å². The number of ether oxygens (including phenoxy) is 1. The third-order valence-electron chi connectivity index (χ3n) is 10.6. The maximum absolute atomic E-state index is 5.75. The van der Waals surface area contributed by atoms with Crippen LogP contribution in [0.4, 0.5) is 0 Å². The first-order valence-corrected chi connectivity index (χ1v) is 13.0. The molecule has 3 fully saturated rings. The van der Waals surface area contributed by atoms with Crippen LogP contribution >= 0.6 is 0 Å². The molecule has 4 aliphatic carbocycles. The van der Waals surface area contributed by atoms with Crippen molar-refractivity contribution in [2.45, 2.75) is 111 Å². The minimum absolute atomic E-state index is 0.472. The Morgan fingerprint density at radius 3 is 2.52 bits per heavy atom. The quantitative estimate of drug-likeness (QED) is 0.410. The third kappa shape index (κ3) is 3.77. The van der Waals surface area contributed by atoms with Gasteiger partial charge < -0.3 is 4.74 Å². The molecule has 7 unspecified atom stereocenters. The van der Waals surface area contributed by atoms with Crippen LogP contribution in [0, 0.1) is 46.3 Å². The van der Waals surface area contributed by atoms with Crippen LogP contribution in [0.5, 0.6) is 0 Å². The highest BCUT2D eigenvalue weighted by molar-refractivity contribution is 5.25. The van der Waals surface area contributed by atoms with E-state index in [4.69, 9.17) is 4.74 Å². The fourth-order valence-corrected chi connectivity index (χ4v) is 8.85. The van der Waals surface area contributed by atoms with E-state index in [1.165, 1.54) is 70.6 Å². The summed E-state index contributed by atoms with van der Waals surface area (Å²) in [6, 6.07) is 0. The van der Waals surface area contributed by atoms with E-state index < -0.39 is 0 Å². The van der Waals surface area contributed by atoms with Gasteiger partial charge in [-0.25, -0.2) is 0 Å². The van der Waals surface area contributed by atoms with Crippen molar-refractivity contribution < 1.29 is 4.74 Å². The molecule has 0 radical (unpaired) electrons. The second-order valence-corrected chi connectivity index (χ2v) is 12.4. The van der Waals surface area contributed by atoms with Gasteiger partial charge in [0, 0.05) is 7.11 Å². The van der Waals surface area contributed by atoms with Gasteiger partial charge in [0.05, 0.1) is 6.10 Å². The molecule has 0 saturated heterocycles. The molecule has 0 heterocycles. The van der Waals surface area contributed by atoms with Crippen molar-refractivity contribution in [1.82, 2.24) is 0 Å². The molecule has 4 rings (SSSR count). The number of allylic oxidation sites excluding steroid dienone is 1. The Balaban J connectivity index is 1.48. The van der Waals surface area contributed by atoms with Crippen molar-refractivity contribution in [3.05, 3.63) is 11.6 Å². The summed E-state index contributed by atoms with van der Waals surface area (Å²) in [4.78, 5) is 0. The first kappa shape index (κ1) is 21.9. The Bertz CT molecular complexity index is 605. The van der Waals surface area contributed by atoms with Crippen molar-refractivity contribution in [2.75, 3.05) is 7.11 Å². The normalized spacial score (nSPS) is 45.3. The van der Waals surface area contributed by atoms with Crippen LogP contribution in [0.3, 0.4) is 0 Å². The highest BCUT2D eigenvalue weighted by Gasteiger charge is 2.59. The minimum Gasteiger partial charge on any atom is -0.381 e. The van der Waals surface area contributed by atoms with E-state index in [2.05, 4.69) is 40.7 Å². The number of methoxy groups -OCH3 is 1. The molecule has 166 valence electrons. The van der Waals surface area contributed by atoms with Gasteiger partial charge in [0.15, 0.2) is 0 Å². The van der Waals surface area contributed by atoms with Gasteiger partial charge in [-0.15, -0.1) is 0 Å². The first-order valence-electron chi connectivity index (χ1n) is 13.0. The smallest absolute Gasteiger partial charge is 0.0608 e. The molecule has 1 heteroatoms. The first-order chi connectivity index (χ1) is 13.8. The molecule has 0 amide bonds. The summed E-state index contributed by atoms with van der Waals surface area (Å²) < 4.78 is 5.75. The lowest BCUT2D eigenvalue weighted by molar-refractivity contribution is -0.0601. The Hall–Kier alpha value is -0.300. The van der Waals surface area contributed by atoms with Crippen LogP contribution < -0.4 is 0 Å². The molecule has 0 bridgehead atoms. The minimum atomic E-state index is 0.472. The molecule has 0 aromatic rings. The molecule has 0 aromatic carbocycles. The molecular formula is C28H48O. The van der Waals surface area contributed by atoms with E-state index in [-0.39, 0.29) is 0 Å². The van der Waals surface area contributed by atoms with Gasteiger partial charge in [-0.05, 0) is 97.7 Å². The van der Waals surface area contributed by atoms with Gasteiger partial charge in [0.2, 0.25) is 0 Å². The second-order valence-electron chi connectivity index (χ2n) is 12.4. The van der Waals surface area contributed by atoms with Gasteiger partial charge in [0.1, 0.15) is 0 Å². The zero-order valence-electron chi connectivity index (χ0n) is 20.3. The van der Waals surface area contributed by atoms with Crippen LogP contribution in [0.2, 0.25) is 0 Å². The Kier molecular flexibility index (Phi) is 6.29. The summed E-state index contributed by atoms with van der Waals surface area (Å²) in [5.41, 5.74) is 2.85. The molecule has 1 nitrogen and oxygen atoms in total. The van der Waals surface area contributed by atoms with Crippen LogP contribution in [0.15, 0.2) is 11.6 Å². The zero-order chi connectivity index (χ0) is 20.8. The Morgan fingerprint density at radius 1 is 1.00 bits per heavy atom. The van der Waals surface area contributed by atoms with Crippen LogP contribution in [-0.2, 0) is 4.74 Å². The van der Waals surface area contributed by atoms with Crippen LogP contribution in [-0.4, -0.2) is 13.2 Å². The van der Waals surface area contributed by atoms with Crippen LogP contribution in [0.1, 0.15) is 105 Å². The molecule has 0 spiro atoms. The van der Waals surface area contributed by atoms with E-state index in [0.29, 0.717) is 16.9 Å². The predicted molar refractivity (Wildman–Crippen MR) is 124 cm³/mol. The fourth-order valence-electron chi connectivity index (χ4n) is 8.85.